The second kappa shape index (κ2) is 9.02. The first-order chi connectivity index (χ1) is 13.4. The predicted octanol–water partition coefficient (Wildman–Crippen LogP) is 0.903. The molecule has 154 valence electrons. The van der Waals surface area contributed by atoms with E-state index in [1.54, 1.807) is 21.9 Å². The topological polar surface area (TPSA) is 96.0 Å². The molecule has 0 unspecified atom stereocenters. The van der Waals surface area contributed by atoms with E-state index in [-0.39, 0.29) is 29.6 Å². The first kappa shape index (κ1) is 20.8. The van der Waals surface area contributed by atoms with E-state index in [1.165, 1.54) is 6.07 Å². The van der Waals surface area contributed by atoms with E-state index >= 15 is 0 Å². The maximum atomic E-state index is 12.6. The summed E-state index contributed by atoms with van der Waals surface area (Å²) < 4.78 is 32.4. The Bertz CT molecular complexity index is 834. The van der Waals surface area contributed by atoms with Gasteiger partial charge in [-0.25, -0.2) is 13.1 Å². The fraction of sp³-hybridized carbons (Fsp3) is 0.579. The van der Waals surface area contributed by atoms with E-state index in [2.05, 4.69) is 4.72 Å². The monoisotopic (exact) mass is 409 g/mol. The number of fused-ring (bicyclic) bond motifs is 1. The lowest BCUT2D eigenvalue weighted by atomic mass is 10.2. The molecule has 0 spiro atoms. The number of sulfonamides is 1. The van der Waals surface area contributed by atoms with Crippen LogP contribution < -0.4 is 9.62 Å². The van der Waals surface area contributed by atoms with Gasteiger partial charge in [-0.3, -0.25) is 9.59 Å². The summed E-state index contributed by atoms with van der Waals surface area (Å²) in [6.45, 7) is 5.02. The Kier molecular flexibility index (Phi) is 6.69. The quantitative estimate of drug-likeness (QED) is 0.722. The van der Waals surface area contributed by atoms with Gasteiger partial charge >= 0.3 is 0 Å². The number of hydrogen-bond acceptors (Lipinski definition) is 5. The number of nitrogens with one attached hydrogen (secondary N) is 1. The van der Waals surface area contributed by atoms with Crippen LogP contribution >= 0.6 is 0 Å². The van der Waals surface area contributed by atoms with E-state index in [0.29, 0.717) is 45.8 Å². The van der Waals surface area contributed by atoms with Crippen LogP contribution in [0.4, 0.5) is 5.69 Å². The molecular weight excluding hydrogens is 382 g/mol. The van der Waals surface area contributed by atoms with E-state index in [1.807, 2.05) is 6.92 Å². The number of carbonyl (C=O) groups excluding carboxylic acids is 2. The highest BCUT2D eigenvalue weighted by Crippen LogP contribution is 2.30. The summed E-state index contributed by atoms with van der Waals surface area (Å²) in [7, 11) is -3.53. The zero-order valence-corrected chi connectivity index (χ0v) is 17.0. The standard InChI is InChI=1S/C19H27N3O5S/c1-2-8-20-28(25,26)16-3-4-17-15(14-16)7-9-22(17)19(24)6-5-18(23)21-10-12-27-13-11-21/h3-4,14,20H,2,5-13H2,1H3. The molecule has 0 aliphatic carbocycles. The van der Waals surface area contributed by atoms with Gasteiger partial charge in [-0.1, -0.05) is 6.92 Å². The largest absolute Gasteiger partial charge is 0.378 e. The lowest BCUT2D eigenvalue weighted by Crippen LogP contribution is -2.41. The Balaban J connectivity index is 1.62. The molecule has 8 nitrogen and oxygen atoms in total. The van der Waals surface area contributed by atoms with Crippen molar-refractivity contribution in [1.29, 1.82) is 0 Å². The van der Waals surface area contributed by atoms with Crippen LogP contribution in [0.5, 0.6) is 0 Å². The van der Waals surface area contributed by atoms with Crippen molar-refractivity contribution in [2.24, 2.45) is 0 Å². The van der Waals surface area contributed by atoms with Gasteiger partial charge < -0.3 is 14.5 Å². The first-order valence-corrected chi connectivity index (χ1v) is 11.2. The van der Waals surface area contributed by atoms with Crippen LogP contribution in [0.25, 0.3) is 0 Å². The molecular formula is C19H27N3O5S. The third kappa shape index (κ3) is 4.71. The molecule has 28 heavy (non-hydrogen) atoms. The van der Waals surface area contributed by atoms with Crippen molar-refractivity contribution in [3.05, 3.63) is 23.8 Å². The average molecular weight is 410 g/mol. The Labute approximate surface area is 165 Å². The highest BCUT2D eigenvalue weighted by Gasteiger charge is 2.27. The molecule has 9 heteroatoms. The van der Waals surface area contributed by atoms with Crippen molar-refractivity contribution < 1.29 is 22.7 Å². The van der Waals surface area contributed by atoms with E-state index in [4.69, 9.17) is 4.74 Å². The summed E-state index contributed by atoms with van der Waals surface area (Å²) in [6, 6.07) is 4.85. The van der Waals surface area contributed by atoms with E-state index < -0.39 is 10.0 Å². The molecule has 1 N–H and O–H groups in total. The van der Waals surface area contributed by atoms with Gasteiger partial charge in [0.25, 0.3) is 0 Å². The molecule has 2 aliphatic heterocycles. The second-order valence-corrected chi connectivity index (χ2v) is 8.74. The molecule has 0 saturated carbocycles. The Morgan fingerprint density at radius 1 is 1.11 bits per heavy atom. The predicted molar refractivity (Wildman–Crippen MR) is 105 cm³/mol. The Morgan fingerprint density at radius 2 is 1.82 bits per heavy atom. The van der Waals surface area contributed by atoms with Gasteiger partial charge in [-0.05, 0) is 36.6 Å². The number of carbonyl (C=O) groups is 2. The van der Waals surface area contributed by atoms with Crippen LogP contribution in [0.15, 0.2) is 23.1 Å². The normalized spacial score (nSPS) is 16.9. The molecule has 0 radical (unpaired) electrons. The minimum atomic E-state index is -3.53. The SMILES string of the molecule is CCCNS(=O)(=O)c1ccc2c(c1)CCN2C(=O)CCC(=O)N1CCOCC1. The summed E-state index contributed by atoms with van der Waals surface area (Å²) >= 11 is 0. The highest BCUT2D eigenvalue weighted by molar-refractivity contribution is 7.89. The highest BCUT2D eigenvalue weighted by atomic mass is 32.2. The fourth-order valence-electron chi connectivity index (χ4n) is 3.44. The van der Waals surface area contributed by atoms with Crippen LogP contribution in [-0.2, 0) is 30.8 Å². The van der Waals surface area contributed by atoms with Gasteiger partial charge in [0.1, 0.15) is 0 Å². The third-order valence-corrected chi connectivity index (χ3v) is 6.48. The van der Waals surface area contributed by atoms with Crippen molar-refractivity contribution in [3.8, 4) is 0 Å². The summed E-state index contributed by atoms with van der Waals surface area (Å²) in [5, 5.41) is 0. The minimum Gasteiger partial charge on any atom is -0.378 e. The summed E-state index contributed by atoms with van der Waals surface area (Å²) in [5.41, 5.74) is 1.57. The number of anilines is 1. The number of hydrogen-bond donors (Lipinski definition) is 1. The van der Waals surface area contributed by atoms with Gasteiger partial charge in [0.05, 0.1) is 18.1 Å². The van der Waals surface area contributed by atoms with Crippen molar-refractivity contribution >= 4 is 27.5 Å². The molecule has 0 bridgehead atoms. The molecule has 2 aliphatic rings. The molecule has 1 fully saturated rings. The smallest absolute Gasteiger partial charge is 0.240 e. The zero-order valence-electron chi connectivity index (χ0n) is 16.1. The number of nitrogens with zero attached hydrogens (tertiary/aromatic N) is 2. The van der Waals surface area contributed by atoms with E-state index in [9.17, 15) is 18.0 Å². The van der Waals surface area contributed by atoms with E-state index in [0.717, 1.165) is 17.7 Å². The minimum absolute atomic E-state index is 0.0282. The molecule has 0 atom stereocenters. The number of rotatable bonds is 7. The van der Waals surface area contributed by atoms with Crippen LogP contribution in [0.3, 0.4) is 0 Å². The zero-order chi connectivity index (χ0) is 20.1. The molecule has 0 aromatic heterocycles. The van der Waals surface area contributed by atoms with Crippen molar-refractivity contribution in [3.63, 3.8) is 0 Å². The number of morpholine rings is 1. The molecule has 2 heterocycles. The van der Waals surface area contributed by atoms with Gasteiger partial charge in [-0.2, -0.15) is 0 Å². The molecule has 2 amide bonds. The molecule has 1 aromatic rings. The molecule has 3 rings (SSSR count). The Hall–Kier alpha value is -1.97. The van der Waals surface area contributed by atoms with Crippen LogP contribution in [0.2, 0.25) is 0 Å². The number of benzene rings is 1. The Morgan fingerprint density at radius 3 is 2.54 bits per heavy atom. The van der Waals surface area contributed by atoms with Gasteiger partial charge in [0.2, 0.25) is 21.8 Å². The van der Waals surface area contributed by atoms with Crippen molar-refractivity contribution in [2.45, 2.75) is 37.5 Å². The van der Waals surface area contributed by atoms with Gasteiger partial charge in [0.15, 0.2) is 0 Å². The maximum Gasteiger partial charge on any atom is 0.240 e. The average Bonchev–Trinajstić information content (AvgIpc) is 3.14. The summed E-state index contributed by atoms with van der Waals surface area (Å²) in [5.74, 6) is -0.139. The fourth-order valence-corrected chi connectivity index (χ4v) is 4.63. The van der Waals surface area contributed by atoms with Gasteiger partial charge in [-0.15, -0.1) is 0 Å². The first-order valence-electron chi connectivity index (χ1n) is 9.71. The van der Waals surface area contributed by atoms with Crippen LogP contribution in [-0.4, -0.2) is 64.5 Å². The van der Waals surface area contributed by atoms with Crippen LogP contribution in [0.1, 0.15) is 31.7 Å². The lowest BCUT2D eigenvalue weighted by Gasteiger charge is -2.27. The second-order valence-electron chi connectivity index (χ2n) is 6.98. The summed E-state index contributed by atoms with van der Waals surface area (Å²) in [6.07, 6.45) is 1.65. The number of amides is 2. The summed E-state index contributed by atoms with van der Waals surface area (Å²) in [4.78, 5) is 28.4. The van der Waals surface area contributed by atoms with Crippen molar-refractivity contribution in [2.75, 3.05) is 44.3 Å². The number of ether oxygens (including phenoxy) is 1. The van der Waals surface area contributed by atoms with Gasteiger partial charge in [0, 0.05) is 44.7 Å². The molecule has 1 saturated heterocycles. The maximum absolute atomic E-state index is 12.6. The lowest BCUT2D eigenvalue weighted by molar-refractivity contribution is -0.136. The van der Waals surface area contributed by atoms with Crippen LogP contribution in [0, 0.1) is 0 Å². The molecule has 1 aromatic carbocycles. The third-order valence-electron chi connectivity index (χ3n) is 5.02. The van der Waals surface area contributed by atoms with Crippen molar-refractivity contribution in [1.82, 2.24) is 9.62 Å².